The van der Waals surface area contributed by atoms with E-state index in [2.05, 4.69) is 34.8 Å². The zero-order valence-corrected chi connectivity index (χ0v) is 17.3. The Balaban J connectivity index is 1.59. The molecule has 1 aromatic carbocycles. The van der Waals surface area contributed by atoms with E-state index in [9.17, 15) is 4.79 Å². The lowest BCUT2D eigenvalue weighted by atomic mass is 10.1. The van der Waals surface area contributed by atoms with Crippen molar-refractivity contribution in [3.8, 4) is 11.4 Å². The van der Waals surface area contributed by atoms with Crippen molar-refractivity contribution >= 4 is 23.4 Å². The Morgan fingerprint density at radius 1 is 1.28 bits per heavy atom. The Morgan fingerprint density at radius 3 is 2.79 bits per heavy atom. The lowest BCUT2D eigenvalue weighted by molar-refractivity contribution is -0.118. The molecule has 0 saturated heterocycles. The molecule has 6 nitrogen and oxygen atoms in total. The standard InChI is InChI=1S/C22H23N5OS/c1-4-13-26-20(17-9-11-23-12-10-17)24-25-22(26)29-16(3)21(28)27-15(2)14-18-7-5-6-8-19(18)27/h4-12,15-16H,1,13-14H2,2-3H3/t15-,16+/m0/s1. The molecule has 3 heterocycles. The van der Waals surface area contributed by atoms with Crippen LogP contribution in [0.2, 0.25) is 0 Å². The minimum Gasteiger partial charge on any atom is -0.308 e. The number of rotatable bonds is 6. The number of nitrogens with zero attached hydrogens (tertiary/aromatic N) is 5. The molecule has 0 fully saturated rings. The summed E-state index contributed by atoms with van der Waals surface area (Å²) >= 11 is 1.43. The van der Waals surface area contributed by atoms with Crippen molar-refractivity contribution in [3.05, 3.63) is 67.0 Å². The van der Waals surface area contributed by atoms with Gasteiger partial charge < -0.3 is 4.90 Å². The van der Waals surface area contributed by atoms with Crippen molar-refractivity contribution in [1.29, 1.82) is 0 Å². The second kappa shape index (κ2) is 8.21. The van der Waals surface area contributed by atoms with Crippen LogP contribution in [-0.2, 0) is 17.8 Å². The van der Waals surface area contributed by atoms with Crippen molar-refractivity contribution in [1.82, 2.24) is 19.7 Å². The minimum absolute atomic E-state index is 0.0889. The Bertz CT molecular complexity index is 1030. The number of carbonyl (C=O) groups is 1. The number of thioether (sulfide) groups is 1. The van der Waals surface area contributed by atoms with Gasteiger partial charge in [0.1, 0.15) is 0 Å². The van der Waals surface area contributed by atoms with Crippen LogP contribution in [0.25, 0.3) is 11.4 Å². The Morgan fingerprint density at radius 2 is 2.03 bits per heavy atom. The third kappa shape index (κ3) is 3.70. The van der Waals surface area contributed by atoms with Crippen LogP contribution in [0.15, 0.2) is 66.6 Å². The van der Waals surface area contributed by atoms with E-state index in [0.717, 1.165) is 23.5 Å². The quantitative estimate of drug-likeness (QED) is 0.458. The third-order valence-electron chi connectivity index (χ3n) is 5.04. The van der Waals surface area contributed by atoms with Crippen LogP contribution >= 0.6 is 11.8 Å². The van der Waals surface area contributed by atoms with Gasteiger partial charge in [-0.2, -0.15) is 0 Å². The molecule has 1 aliphatic rings. The molecule has 148 valence electrons. The fourth-order valence-corrected chi connectivity index (χ4v) is 4.60. The molecule has 0 N–H and O–H groups in total. The average molecular weight is 406 g/mol. The fraction of sp³-hybridized carbons (Fsp3) is 0.273. The van der Waals surface area contributed by atoms with Gasteiger partial charge in [0, 0.05) is 36.2 Å². The lowest BCUT2D eigenvalue weighted by Gasteiger charge is -2.25. The number of carbonyl (C=O) groups excluding carboxylic acids is 1. The maximum absolute atomic E-state index is 13.3. The summed E-state index contributed by atoms with van der Waals surface area (Å²) in [5, 5.41) is 9.13. The summed E-state index contributed by atoms with van der Waals surface area (Å²) in [6.07, 6.45) is 6.16. The van der Waals surface area contributed by atoms with Crippen molar-refractivity contribution in [3.63, 3.8) is 0 Å². The van der Waals surface area contributed by atoms with Gasteiger partial charge in [-0.15, -0.1) is 16.8 Å². The smallest absolute Gasteiger partial charge is 0.240 e. The van der Waals surface area contributed by atoms with E-state index in [4.69, 9.17) is 0 Å². The number of benzene rings is 1. The third-order valence-corrected chi connectivity index (χ3v) is 6.11. The van der Waals surface area contributed by atoms with Gasteiger partial charge in [-0.25, -0.2) is 0 Å². The largest absolute Gasteiger partial charge is 0.308 e. The molecule has 0 unspecified atom stereocenters. The minimum atomic E-state index is -0.290. The number of allylic oxidation sites excluding steroid dienone is 1. The number of aromatic nitrogens is 4. The first-order chi connectivity index (χ1) is 14.1. The SMILES string of the molecule is C=CCn1c(S[C@H](C)C(=O)N2c3ccccc3C[C@@H]2C)nnc1-c1ccncc1. The topological polar surface area (TPSA) is 63.9 Å². The first kappa shape index (κ1) is 19.4. The molecule has 0 aliphatic carbocycles. The molecular formula is C22H23N5OS. The van der Waals surface area contributed by atoms with Crippen LogP contribution in [0.4, 0.5) is 5.69 Å². The van der Waals surface area contributed by atoms with Crippen LogP contribution in [0, 0.1) is 0 Å². The summed E-state index contributed by atoms with van der Waals surface area (Å²) < 4.78 is 1.98. The summed E-state index contributed by atoms with van der Waals surface area (Å²) in [6.45, 7) is 8.44. The van der Waals surface area contributed by atoms with Crippen molar-refractivity contribution in [2.45, 2.75) is 43.3 Å². The molecule has 0 radical (unpaired) electrons. The van der Waals surface area contributed by atoms with Gasteiger partial charge in [-0.3, -0.25) is 14.3 Å². The second-order valence-corrected chi connectivity index (χ2v) is 8.40. The van der Waals surface area contributed by atoms with Gasteiger partial charge in [0.25, 0.3) is 0 Å². The summed E-state index contributed by atoms with van der Waals surface area (Å²) in [7, 11) is 0. The summed E-state index contributed by atoms with van der Waals surface area (Å²) in [6, 6.07) is 12.1. The number of anilines is 1. The van der Waals surface area contributed by atoms with E-state index in [1.807, 2.05) is 52.8 Å². The Hall–Kier alpha value is -2.93. The maximum Gasteiger partial charge on any atom is 0.240 e. The lowest BCUT2D eigenvalue weighted by Crippen LogP contribution is -2.40. The molecule has 2 aromatic heterocycles. The number of hydrogen-bond acceptors (Lipinski definition) is 5. The molecule has 0 bridgehead atoms. The van der Waals surface area contributed by atoms with Crippen LogP contribution in [-0.4, -0.2) is 36.9 Å². The maximum atomic E-state index is 13.3. The number of hydrogen-bond donors (Lipinski definition) is 0. The second-order valence-electron chi connectivity index (χ2n) is 7.09. The predicted molar refractivity (Wildman–Crippen MR) is 116 cm³/mol. The van der Waals surface area contributed by atoms with Crippen LogP contribution < -0.4 is 4.90 Å². The number of para-hydroxylation sites is 1. The highest BCUT2D eigenvalue weighted by Crippen LogP contribution is 2.35. The number of amides is 1. The van der Waals surface area contributed by atoms with E-state index in [1.165, 1.54) is 17.3 Å². The van der Waals surface area contributed by atoms with Crippen LogP contribution in [0.3, 0.4) is 0 Å². The van der Waals surface area contributed by atoms with E-state index in [1.54, 1.807) is 12.4 Å². The molecule has 3 aromatic rings. The fourth-order valence-electron chi connectivity index (χ4n) is 3.69. The van der Waals surface area contributed by atoms with E-state index < -0.39 is 0 Å². The molecule has 7 heteroatoms. The van der Waals surface area contributed by atoms with Gasteiger partial charge >= 0.3 is 0 Å². The number of pyridine rings is 1. The van der Waals surface area contributed by atoms with Gasteiger partial charge in [0.2, 0.25) is 5.91 Å². The molecule has 4 rings (SSSR count). The Labute approximate surface area is 174 Å². The summed E-state index contributed by atoms with van der Waals surface area (Å²) in [4.78, 5) is 19.3. The monoisotopic (exact) mass is 405 g/mol. The molecule has 29 heavy (non-hydrogen) atoms. The van der Waals surface area contributed by atoms with Crippen molar-refractivity contribution < 1.29 is 4.79 Å². The zero-order chi connectivity index (χ0) is 20.4. The average Bonchev–Trinajstić information content (AvgIpc) is 3.28. The molecule has 1 aliphatic heterocycles. The summed E-state index contributed by atoms with van der Waals surface area (Å²) in [5.74, 6) is 0.834. The molecule has 1 amide bonds. The van der Waals surface area contributed by atoms with Gasteiger partial charge in [-0.1, -0.05) is 36.0 Å². The van der Waals surface area contributed by atoms with Crippen molar-refractivity contribution in [2.75, 3.05) is 4.90 Å². The Kier molecular flexibility index (Phi) is 5.49. The van der Waals surface area contributed by atoms with Gasteiger partial charge in [0.05, 0.1) is 5.25 Å². The summed E-state index contributed by atoms with van der Waals surface area (Å²) in [5.41, 5.74) is 3.17. The normalized spacial score (nSPS) is 16.5. The highest BCUT2D eigenvalue weighted by Gasteiger charge is 2.34. The first-order valence-electron chi connectivity index (χ1n) is 9.62. The van der Waals surface area contributed by atoms with Crippen LogP contribution in [0.1, 0.15) is 19.4 Å². The molecule has 2 atom stereocenters. The zero-order valence-electron chi connectivity index (χ0n) is 16.5. The van der Waals surface area contributed by atoms with Crippen molar-refractivity contribution in [2.24, 2.45) is 0 Å². The van der Waals surface area contributed by atoms with E-state index >= 15 is 0 Å². The van der Waals surface area contributed by atoms with Gasteiger partial charge in [0.15, 0.2) is 11.0 Å². The van der Waals surface area contributed by atoms with E-state index in [0.29, 0.717) is 11.7 Å². The predicted octanol–water partition coefficient (Wildman–Crippen LogP) is 3.98. The molecule has 0 saturated carbocycles. The first-order valence-corrected chi connectivity index (χ1v) is 10.5. The highest BCUT2D eigenvalue weighted by molar-refractivity contribution is 8.00. The molecular weight excluding hydrogens is 382 g/mol. The molecule has 0 spiro atoms. The van der Waals surface area contributed by atoms with Crippen LogP contribution in [0.5, 0.6) is 0 Å². The van der Waals surface area contributed by atoms with Gasteiger partial charge in [-0.05, 0) is 44.0 Å². The van der Waals surface area contributed by atoms with E-state index in [-0.39, 0.29) is 17.2 Å². The highest BCUT2D eigenvalue weighted by atomic mass is 32.2. The number of fused-ring (bicyclic) bond motifs is 1.